The first-order valence-electron chi connectivity index (χ1n) is 6.93. The average Bonchev–Trinajstić information content (AvgIpc) is 2.54. The second-order valence-corrected chi connectivity index (χ2v) is 5.90. The molecule has 0 saturated carbocycles. The van der Waals surface area contributed by atoms with Gasteiger partial charge in [-0.1, -0.05) is 18.7 Å². The van der Waals surface area contributed by atoms with E-state index in [1.165, 1.54) is 24.3 Å². The fourth-order valence-electron chi connectivity index (χ4n) is 1.76. The normalized spacial score (nSPS) is 12.7. The SMILES string of the molecule is CCC(Sc1nccc(C(F)(F)F)n1)C(=O)Nc1ccc(F)cc1. The lowest BCUT2D eigenvalue weighted by Crippen LogP contribution is -2.25. The minimum atomic E-state index is -4.57. The maximum Gasteiger partial charge on any atom is 0.433 e. The summed E-state index contributed by atoms with van der Waals surface area (Å²) in [5, 5.41) is 1.77. The monoisotopic (exact) mass is 359 g/mol. The summed E-state index contributed by atoms with van der Waals surface area (Å²) in [6.45, 7) is 1.72. The molecule has 0 bridgehead atoms. The third-order valence-electron chi connectivity index (χ3n) is 2.95. The van der Waals surface area contributed by atoms with Crippen LogP contribution in [0.3, 0.4) is 0 Å². The molecule has 1 amide bonds. The average molecular weight is 359 g/mol. The van der Waals surface area contributed by atoms with Crippen molar-refractivity contribution < 1.29 is 22.4 Å². The van der Waals surface area contributed by atoms with Crippen LogP contribution in [0.4, 0.5) is 23.2 Å². The molecule has 1 aromatic carbocycles. The molecule has 128 valence electrons. The second kappa shape index (κ2) is 7.61. The Kier molecular flexibility index (Phi) is 5.76. The van der Waals surface area contributed by atoms with Crippen molar-refractivity contribution in [1.82, 2.24) is 9.97 Å². The molecule has 1 aromatic heterocycles. The van der Waals surface area contributed by atoms with Gasteiger partial charge in [-0.2, -0.15) is 13.2 Å². The molecule has 0 saturated heterocycles. The van der Waals surface area contributed by atoms with E-state index in [4.69, 9.17) is 0 Å². The summed E-state index contributed by atoms with van der Waals surface area (Å²) in [6.07, 6.45) is -3.21. The number of nitrogens with zero attached hydrogens (tertiary/aromatic N) is 2. The van der Waals surface area contributed by atoms with Crippen molar-refractivity contribution in [2.45, 2.75) is 29.9 Å². The number of anilines is 1. The van der Waals surface area contributed by atoms with E-state index in [2.05, 4.69) is 15.3 Å². The molecule has 1 heterocycles. The summed E-state index contributed by atoms with van der Waals surface area (Å²) in [5.74, 6) is -0.859. The van der Waals surface area contributed by atoms with Gasteiger partial charge in [-0.15, -0.1) is 0 Å². The molecule has 1 N–H and O–H groups in total. The van der Waals surface area contributed by atoms with E-state index in [1.54, 1.807) is 6.92 Å². The minimum Gasteiger partial charge on any atom is -0.325 e. The van der Waals surface area contributed by atoms with Crippen LogP contribution in [0.25, 0.3) is 0 Å². The molecule has 0 aliphatic heterocycles. The van der Waals surface area contributed by atoms with E-state index >= 15 is 0 Å². The van der Waals surface area contributed by atoms with E-state index in [0.717, 1.165) is 24.0 Å². The van der Waals surface area contributed by atoms with Crippen molar-refractivity contribution in [3.05, 3.63) is 48.0 Å². The van der Waals surface area contributed by atoms with Crippen molar-refractivity contribution in [2.75, 3.05) is 5.32 Å². The summed E-state index contributed by atoms with van der Waals surface area (Å²) >= 11 is 0.841. The molecule has 24 heavy (non-hydrogen) atoms. The van der Waals surface area contributed by atoms with Crippen molar-refractivity contribution >= 4 is 23.4 Å². The van der Waals surface area contributed by atoms with Gasteiger partial charge in [0, 0.05) is 11.9 Å². The lowest BCUT2D eigenvalue weighted by Gasteiger charge is -2.14. The van der Waals surface area contributed by atoms with Crippen molar-refractivity contribution in [2.24, 2.45) is 0 Å². The lowest BCUT2D eigenvalue weighted by atomic mass is 10.2. The Balaban J connectivity index is 2.08. The Bertz CT molecular complexity index is 707. The van der Waals surface area contributed by atoms with Gasteiger partial charge in [-0.05, 0) is 36.8 Å². The summed E-state index contributed by atoms with van der Waals surface area (Å²) in [6, 6.07) is 5.94. The van der Waals surface area contributed by atoms with Gasteiger partial charge in [-0.25, -0.2) is 14.4 Å². The van der Waals surface area contributed by atoms with Crippen molar-refractivity contribution in [3.63, 3.8) is 0 Å². The zero-order valence-corrected chi connectivity index (χ0v) is 13.3. The number of rotatable bonds is 5. The summed E-state index contributed by atoms with van der Waals surface area (Å²) in [5.41, 5.74) is -0.667. The number of aromatic nitrogens is 2. The van der Waals surface area contributed by atoms with Crippen LogP contribution in [0.5, 0.6) is 0 Å². The van der Waals surface area contributed by atoms with Gasteiger partial charge in [0.2, 0.25) is 5.91 Å². The Morgan fingerprint density at radius 1 is 1.25 bits per heavy atom. The van der Waals surface area contributed by atoms with E-state index in [-0.39, 0.29) is 5.16 Å². The standard InChI is InChI=1S/C15H13F4N3OS/c1-2-11(13(23)21-10-5-3-9(16)4-6-10)24-14-20-8-7-12(22-14)15(17,18)19/h3-8,11H,2H2,1H3,(H,21,23). The molecule has 2 aromatic rings. The smallest absolute Gasteiger partial charge is 0.325 e. The summed E-state index contributed by atoms with van der Waals surface area (Å²) < 4.78 is 50.8. The molecule has 0 aliphatic carbocycles. The van der Waals surface area contributed by atoms with Crippen molar-refractivity contribution in [1.29, 1.82) is 0 Å². The van der Waals surface area contributed by atoms with Crippen LogP contribution < -0.4 is 5.32 Å². The Morgan fingerprint density at radius 2 is 1.92 bits per heavy atom. The Labute approximate surface area is 139 Å². The van der Waals surface area contributed by atoms with Crippen LogP contribution in [-0.2, 0) is 11.0 Å². The number of carbonyl (C=O) groups is 1. The Hall–Kier alpha value is -2.16. The van der Waals surface area contributed by atoms with Crippen LogP contribution in [0.2, 0.25) is 0 Å². The van der Waals surface area contributed by atoms with Crippen LogP contribution in [0.1, 0.15) is 19.0 Å². The fraction of sp³-hybridized carbons (Fsp3) is 0.267. The number of nitrogens with one attached hydrogen (secondary N) is 1. The van der Waals surface area contributed by atoms with Crippen LogP contribution >= 0.6 is 11.8 Å². The first kappa shape index (κ1) is 18.2. The quantitative estimate of drug-likeness (QED) is 0.495. The highest BCUT2D eigenvalue weighted by Crippen LogP contribution is 2.30. The van der Waals surface area contributed by atoms with Gasteiger partial charge in [-0.3, -0.25) is 4.79 Å². The maximum absolute atomic E-state index is 12.8. The first-order chi connectivity index (χ1) is 11.3. The molecule has 2 rings (SSSR count). The predicted molar refractivity (Wildman–Crippen MR) is 82.0 cm³/mol. The number of hydrogen-bond donors (Lipinski definition) is 1. The third kappa shape index (κ3) is 4.92. The molecular weight excluding hydrogens is 346 g/mol. The highest BCUT2D eigenvalue weighted by molar-refractivity contribution is 8.00. The molecule has 0 fully saturated rings. The Morgan fingerprint density at radius 3 is 2.50 bits per heavy atom. The van der Waals surface area contributed by atoms with E-state index in [0.29, 0.717) is 12.1 Å². The van der Waals surface area contributed by atoms with Gasteiger partial charge < -0.3 is 5.32 Å². The fourth-order valence-corrected chi connectivity index (χ4v) is 2.62. The van der Waals surface area contributed by atoms with Gasteiger partial charge in [0.05, 0.1) is 5.25 Å². The maximum atomic E-state index is 12.8. The molecular formula is C15H13F4N3OS. The van der Waals surface area contributed by atoms with E-state index in [1.807, 2.05) is 0 Å². The topological polar surface area (TPSA) is 54.9 Å². The molecule has 0 radical (unpaired) electrons. The van der Waals surface area contributed by atoms with Crippen LogP contribution in [-0.4, -0.2) is 21.1 Å². The highest BCUT2D eigenvalue weighted by atomic mass is 32.2. The number of amides is 1. The first-order valence-corrected chi connectivity index (χ1v) is 7.81. The molecule has 9 heteroatoms. The molecule has 0 aliphatic rings. The number of carbonyl (C=O) groups excluding carboxylic acids is 1. The second-order valence-electron chi connectivity index (χ2n) is 4.73. The number of benzene rings is 1. The number of thioether (sulfide) groups is 1. The van der Waals surface area contributed by atoms with E-state index in [9.17, 15) is 22.4 Å². The van der Waals surface area contributed by atoms with Gasteiger partial charge in [0.25, 0.3) is 0 Å². The molecule has 4 nitrogen and oxygen atoms in total. The predicted octanol–water partition coefficient (Wildman–Crippen LogP) is 4.14. The van der Waals surface area contributed by atoms with Gasteiger partial charge in [0.15, 0.2) is 5.16 Å². The zero-order chi connectivity index (χ0) is 17.7. The zero-order valence-electron chi connectivity index (χ0n) is 12.5. The lowest BCUT2D eigenvalue weighted by molar-refractivity contribution is -0.141. The van der Waals surface area contributed by atoms with Crippen LogP contribution in [0, 0.1) is 5.82 Å². The van der Waals surface area contributed by atoms with Crippen molar-refractivity contribution in [3.8, 4) is 0 Å². The third-order valence-corrected chi connectivity index (χ3v) is 4.19. The number of alkyl halides is 3. The molecule has 1 atom stereocenters. The summed E-state index contributed by atoms with van der Waals surface area (Å²) in [4.78, 5) is 19.4. The summed E-state index contributed by atoms with van der Waals surface area (Å²) in [7, 11) is 0. The van der Waals surface area contributed by atoms with E-state index < -0.39 is 28.8 Å². The van der Waals surface area contributed by atoms with Gasteiger partial charge in [0.1, 0.15) is 11.5 Å². The minimum absolute atomic E-state index is 0.133. The molecule has 1 unspecified atom stereocenters. The number of hydrogen-bond acceptors (Lipinski definition) is 4. The number of halogens is 4. The van der Waals surface area contributed by atoms with Crippen LogP contribution in [0.15, 0.2) is 41.7 Å². The molecule has 0 spiro atoms. The largest absolute Gasteiger partial charge is 0.433 e. The van der Waals surface area contributed by atoms with Gasteiger partial charge >= 0.3 is 6.18 Å². The highest BCUT2D eigenvalue weighted by Gasteiger charge is 2.33.